The van der Waals surface area contributed by atoms with Gasteiger partial charge < -0.3 is 4.98 Å². The van der Waals surface area contributed by atoms with Crippen molar-refractivity contribution in [3.63, 3.8) is 0 Å². The molecule has 0 saturated carbocycles. The lowest BCUT2D eigenvalue weighted by atomic mass is 10.1. The Morgan fingerprint density at radius 3 is 2.54 bits per heavy atom. The third kappa shape index (κ3) is 1.84. The van der Waals surface area contributed by atoms with E-state index < -0.39 is 5.56 Å². The second-order valence-electron chi connectivity index (χ2n) is 4.98. The second kappa shape index (κ2) is 5.00. The largest absolute Gasteiger partial charge is 0.305 e. The lowest BCUT2D eigenvalue weighted by Gasteiger charge is -2.02. The maximum atomic E-state index is 11.9. The first kappa shape index (κ1) is 13.6. The first-order chi connectivity index (χ1) is 11.7. The van der Waals surface area contributed by atoms with Crippen LogP contribution in [-0.2, 0) is 0 Å². The summed E-state index contributed by atoms with van der Waals surface area (Å²) in [4.78, 5) is 27.1. The summed E-state index contributed by atoms with van der Waals surface area (Å²) in [5.74, 6) is 0.268. The lowest BCUT2D eigenvalue weighted by molar-refractivity contribution is 1.06. The number of nitriles is 2. The van der Waals surface area contributed by atoms with E-state index in [1.165, 1.54) is 6.33 Å². The molecule has 2 aliphatic heterocycles. The number of aromatic nitrogens is 5. The second-order valence-corrected chi connectivity index (χ2v) is 4.98. The van der Waals surface area contributed by atoms with Crippen LogP contribution in [0.4, 0.5) is 0 Å². The SMILES string of the molecule is N#Cc1ccc(-n2cnc3c4c(C#N)c(=O)[nH]c-4ncnc32)cc1. The van der Waals surface area contributed by atoms with Crippen molar-refractivity contribution in [3.8, 4) is 29.2 Å². The average molecular weight is 313 g/mol. The molecule has 0 atom stereocenters. The molecular weight excluding hydrogens is 306 g/mol. The fourth-order valence-corrected chi connectivity index (χ4v) is 2.57. The van der Waals surface area contributed by atoms with Gasteiger partial charge in [0.25, 0.3) is 5.56 Å². The molecule has 0 fully saturated rings. The topological polar surface area (TPSA) is 124 Å². The smallest absolute Gasteiger partial charge is 0.268 e. The highest BCUT2D eigenvalue weighted by Gasteiger charge is 2.21. The first-order valence-corrected chi connectivity index (χ1v) is 6.87. The van der Waals surface area contributed by atoms with E-state index in [4.69, 9.17) is 5.26 Å². The van der Waals surface area contributed by atoms with Crippen LogP contribution < -0.4 is 5.56 Å². The molecule has 1 N–H and O–H groups in total. The number of benzene rings is 1. The third-order valence-corrected chi connectivity index (χ3v) is 3.68. The minimum absolute atomic E-state index is 0.0365. The standard InChI is InChI=1S/C16H7N7O/c17-5-9-1-3-10(4-2-9)23-8-21-13-12-11(6-18)16(24)22-14(12)19-7-20-15(13)23/h1-4,7-8H,(H,19,20,22,24). The number of aromatic amines is 1. The Balaban J connectivity index is 2.05. The molecule has 4 rings (SSSR count). The first-order valence-electron chi connectivity index (χ1n) is 6.87. The van der Waals surface area contributed by atoms with E-state index >= 15 is 0 Å². The van der Waals surface area contributed by atoms with Crippen LogP contribution in [0.2, 0.25) is 0 Å². The van der Waals surface area contributed by atoms with Gasteiger partial charge in [0.2, 0.25) is 0 Å². The van der Waals surface area contributed by atoms with Crippen LogP contribution in [0.3, 0.4) is 0 Å². The van der Waals surface area contributed by atoms with Gasteiger partial charge in [0, 0.05) is 5.69 Å². The molecule has 112 valence electrons. The molecule has 3 heterocycles. The summed E-state index contributed by atoms with van der Waals surface area (Å²) in [5.41, 5.74) is 1.96. The number of rotatable bonds is 1. The quantitative estimate of drug-likeness (QED) is 0.565. The highest BCUT2D eigenvalue weighted by molar-refractivity contribution is 5.91. The molecule has 0 unspecified atom stereocenters. The Labute approximate surface area is 134 Å². The van der Waals surface area contributed by atoms with Crippen molar-refractivity contribution < 1.29 is 0 Å². The van der Waals surface area contributed by atoms with Gasteiger partial charge in [0.05, 0.1) is 17.2 Å². The van der Waals surface area contributed by atoms with Crippen molar-refractivity contribution in [2.45, 2.75) is 0 Å². The van der Waals surface area contributed by atoms with Gasteiger partial charge in [-0.05, 0) is 24.3 Å². The molecule has 0 saturated heterocycles. The molecule has 0 bridgehead atoms. The number of fused-ring (bicyclic) bond motifs is 3. The van der Waals surface area contributed by atoms with Crippen molar-refractivity contribution in [3.05, 3.63) is 58.4 Å². The summed E-state index contributed by atoms with van der Waals surface area (Å²) in [6, 6.07) is 10.8. The summed E-state index contributed by atoms with van der Waals surface area (Å²) in [6.07, 6.45) is 2.86. The third-order valence-electron chi connectivity index (χ3n) is 3.68. The van der Waals surface area contributed by atoms with Crippen LogP contribution in [0.15, 0.2) is 41.7 Å². The molecule has 1 aromatic carbocycles. The van der Waals surface area contributed by atoms with Crippen molar-refractivity contribution in [2.75, 3.05) is 0 Å². The monoisotopic (exact) mass is 313 g/mol. The number of hydrogen-bond donors (Lipinski definition) is 1. The minimum atomic E-state index is -0.500. The lowest BCUT2D eigenvalue weighted by Crippen LogP contribution is -2.00. The van der Waals surface area contributed by atoms with Gasteiger partial charge in [-0.15, -0.1) is 0 Å². The normalized spacial score (nSPS) is 10.6. The van der Waals surface area contributed by atoms with Gasteiger partial charge in [-0.3, -0.25) is 9.36 Å². The molecule has 2 aliphatic rings. The Morgan fingerprint density at radius 1 is 1.04 bits per heavy atom. The zero-order valence-corrected chi connectivity index (χ0v) is 12.1. The van der Waals surface area contributed by atoms with Crippen LogP contribution in [0, 0.1) is 22.7 Å². The summed E-state index contributed by atoms with van der Waals surface area (Å²) >= 11 is 0. The molecule has 24 heavy (non-hydrogen) atoms. The predicted octanol–water partition coefficient (Wildman–Crippen LogP) is 1.35. The molecule has 2 aromatic rings. The molecule has 8 nitrogen and oxygen atoms in total. The van der Waals surface area contributed by atoms with E-state index in [0.717, 1.165) is 5.69 Å². The van der Waals surface area contributed by atoms with Gasteiger partial charge in [0.15, 0.2) is 5.65 Å². The van der Waals surface area contributed by atoms with E-state index in [1.807, 2.05) is 6.07 Å². The van der Waals surface area contributed by atoms with Crippen LogP contribution in [0.25, 0.3) is 28.2 Å². The molecule has 8 heteroatoms. The van der Waals surface area contributed by atoms with E-state index in [2.05, 4.69) is 26.0 Å². The van der Waals surface area contributed by atoms with Crippen molar-refractivity contribution in [1.82, 2.24) is 24.5 Å². The van der Waals surface area contributed by atoms with Gasteiger partial charge in [0.1, 0.15) is 35.6 Å². The molecule has 0 spiro atoms. The summed E-state index contributed by atoms with van der Waals surface area (Å²) in [6.45, 7) is 0. The van der Waals surface area contributed by atoms with Crippen LogP contribution in [0.1, 0.15) is 11.1 Å². The molecule has 1 aromatic heterocycles. The molecular formula is C16H7N7O. The molecule has 0 aliphatic carbocycles. The van der Waals surface area contributed by atoms with E-state index in [9.17, 15) is 10.1 Å². The zero-order valence-electron chi connectivity index (χ0n) is 12.1. The number of hydrogen-bond acceptors (Lipinski definition) is 6. The Bertz CT molecular complexity index is 1190. The van der Waals surface area contributed by atoms with Crippen LogP contribution in [0.5, 0.6) is 0 Å². The van der Waals surface area contributed by atoms with Gasteiger partial charge in [-0.1, -0.05) is 0 Å². The Morgan fingerprint density at radius 2 is 1.83 bits per heavy atom. The Kier molecular flexibility index (Phi) is 2.84. The van der Waals surface area contributed by atoms with E-state index in [0.29, 0.717) is 22.3 Å². The number of nitrogens with one attached hydrogen (secondary N) is 1. The number of nitrogens with zero attached hydrogens (tertiary/aromatic N) is 6. The minimum Gasteiger partial charge on any atom is -0.305 e. The van der Waals surface area contributed by atoms with Crippen molar-refractivity contribution in [1.29, 1.82) is 10.5 Å². The zero-order chi connectivity index (χ0) is 16.7. The van der Waals surface area contributed by atoms with E-state index in [-0.39, 0.29) is 11.4 Å². The Hall–Kier alpha value is -4.04. The maximum Gasteiger partial charge on any atom is 0.268 e. The van der Waals surface area contributed by atoms with Crippen molar-refractivity contribution >= 4 is 11.2 Å². The molecule has 0 radical (unpaired) electrons. The summed E-state index contributed by atoms with van der Waals surface area (Å²) in [7, 11) is 0. The highest BCUT2D eigenvalue weighted by atomic mass is 16.1. The summed E-state index contributed by atoms with van der Waals surface area (Å²) < 4.78 is 1.70. The van der Waals surface area contributed by atoms with Crippen LogP contribution >= 0.6 is 0 Å². The number of H-pyrrole nitrogens is 1. The number of imidazole rings is 1. The average Bonchev–Trinajstić information content (AvgIpc) is 3.10. The molecule has 0 amide bonds. The van der Waals surface area contributed by atoms with Gasteiger partial charge in [-0.2, -0.15) is 10.5 Å². The van der Waals surface area contributed by atoms with E-state index in [1.54, 1.807) is 35.2 Å². The fourth-order valence-electron chi connectivity index (χ4n) is 2.57. The fraction of sp³-hybridized carbons (Fsp3) is 0. The van der Waals surface area contributed by atoms with Crippen molar-refractivity contribution in [2.24, 2.45) is 0 Å². The van der Waals surface area contributed by atoms with Crippen LogP contribution in [-0.4, -0.2) is 24.5 Å². The maximum absolute atomic E-state index is 11.9. The summed E-state index contributed by atoms with van der Waals surface area (Å²) in [5, 5.41) is 18.1. The highest BCUT2D eigenvalue weighted by Crippen LogP contribution is 2.27. The predicted molar refractivity (Wildman–Crippen MR) is 83.3 cm³/mol. The van der Waals surface area contributed by atoms with Gasteiger partial charge in [-0.25, -0.2) is 15.0 Å². The van der Waals surface area contributed by atoms with Gasteiger partial charge >= 0.3 is 0 Å².